The van der Waals surface area contributed by atoms with Gasteiger partial charge in [0.05, 0.1) is 10.6 Å². The summed E-state index contributed by atoms with van der Waals surface area (Å²) in [5, 5.41) is 3.00. The Balaban J connectivity index is 1.34. The molecule has 1 saturated heterocycles. The van der Waals surface area contributed by atoms with Crippen LogP contribution in [0.3, 0.4) is 0 Å². The van der Waals surface area contributed by atoms with Crippen LogP contribution < -0.4 is 5.32 Å². The number of halogens is 1. The fourth-order valence-corrected chi connectivity index (χ4v) is 4.86. The van der Waals surface area contributed by atoms with Crippen LogP contribution in [0, 0.1) is 11.8 Å². The lowest BCUT2D eigenvalue weighted by atomic mass is 9.75. The van der Waals surface area contributed by atoms with Crippen LogP contribution in [0.4, 0.5) is 10.5 Å². The van der Waals surface area contributed by atoms with Crippen molar-refractivity contribution in [2.24, 2.45) is 11.8 Å². The van der Waals surface area contributed by atoms with Gasteiger partial charge in [-0.05, 0) is 48.4 Å². The summed E-state index contributed by atoms with van der Waals surface area (Å²) < 4.78 is 5.23. The van der Waals surface area contributed by atoms with Crippen LogP contribution in [0.1, 0.15) is 48.0 Å². The molecule has 0 bridgehead atoms. The molecule has 5 nitrogen and oxygen atoms in total. The van der Waals surface area contributed by atoms with E-state index < -0.39 is 6.09 Å². The number of carbonyl (C=O) groups excluding carboxylic acids is 2. The Morgan fingerprint density at radius 1 is 1.03 bits per heavy atom. The highest BCUT2D eigenvalue weighted by molar-refractivity contribution is 6.34. The van der Waals surface area contributed by atoms with Crippen LogP contribution in [0.5, 0.6) is 0 Å². The number of rotatable bonds is 4. The van der Waals surface area contributed by atoms with Crippen LogP contribution in [0.25, 0.3) is 0 Å². The number of hydrogen-bond donors (Lipinski definition) is 1. The minimum Gasteiger partial charge on any atom is -0.444 e. The van der Waals surface area contributed by atoms with Crippen molar-refractivity contribution in [3.8, 4) is 0 Å². The van der Waals surface area contributed by atoms with Gasteiger partial charge < -0.3 is 9.64 Å². The topological polar surface area (TPSA) is 58.6 Å². The average Bonchev–Trinajstić information content (AvgIpc) is 2.78. The van der Waals surface area contributed by atoms with Gasteiger partial charge in [-0.3, -0.25) is 10.1 Å². The van der Waals surface area contributed by atoms with Crippen LogP contribution in [-0.2, 0) is 11.3 Å². The maximum atomic E-state index is 13.0. The van der Waals surface area contributed by atoms with E-state index >= 15 is 0 Å². The summed E-state index contributed by atoms with van der Waals surface area (Å²) in [6.07, 6.45) is 5.63. The zero-order valence-corrected chi connectivity index (χ0v) is 17.7. The fraction of sp³-hybridized carbons (Fsp3) is 0.417. The molecule has 0 radical (unpaired) electrons. The molecule has 6 heteroatoms. The summed E-state index contributed by atoms with van der Waals surface area (Å²) in [6, 6.07) is 14.4. The molecule has 0 spiro atoms. The van der Waals surface area contributed by atoms with E-state index in [1.807, 2.05) is 35.2 Å². The van der Waals surface area contributed by atoms with Gasteiger partial charge in [0.2, 0.25) is 0 Å². The Labute approximate surface area is 182 Å². The number of ether oxygens (including phenoxy) is 1. The highest BCUT2D eigenvalue weighted by Gasteiger charge is 2.33. The molecular formula is C24H27ClN2O3. The summed E-state index contributed by atoms with van der Waals surface area (Å²) in [5.74, 6) is 1.37. The first-order chi connectivity index (χ1) is 14.6. The highest BCUT2D eigenvalue weighted by Crippen LogP contribution is 2.36. The number of nitrogens with one attached hydrogen (secondary N) is 1. The number of nitrogens with zero attached hydrogens (tertiary/aromatic N) is 1. The molecule has 1 aliphatic carbocycles. The lowest BCUT2D eigenvalue weighted by molar-refractivity contribution is 0.0521. The monoisotopic (exact) mass is 426 g/mol. The SMILES string of the molecule is O=C(Nc1ccc(C(=O)N2CCC3CCCCC3C2)c(Cl)c1)OCc1ccccc1. The van der Waals surface area contributed by atoms with E-state index in [0.717, 1.165) is 31.0 Å². The molecule has 158 valence electrons. The minimum absolute atomic E-state index is 0.0257. The molecule has 30 heavy (non-hydrogen) atoms. The van der Waals surface area contributed by atoms with E-state index in [-0.39, 0.29) is 12.5 Å². The van der Waals surface area contributed by atoms with Gasteiger partial charge in [0.15, 0.2) is 0 Å². The van der Waals surface area contributed by atoms with Gasteiger partial charge >= 0.3 is 6.09 Å². The van der Waals surface area contributed by atoms with Crippen molar-refractivity contribution in [2.45, 2.75) is 38.7 Å². The molecule has 0 aromatic heterocycles. The predicted molar refractivity (Wildman–Crippen MR) is 118 cm³/mol. The maximum Gasteiger partial charge on any atom is 0.411 e. The number of fused-ring (bicyclic) bond motifs is 1. The van der Waals surface area contributed by atoms with Gasteiger partial charge in [0, 0.05) is 18.8 Å². The van der Waals surface area contributed by atoms with Crippen LogP contribution in [-0.4, -0.2) is 30.0 Å². The molecule has 2 fully saturated rings. The molecule has 2 aliphatic rings. The standard InChI is InChI=1S/C24H27ClN2O3/c25-22-14-20(26-24(29)30-16-17-6-2-1-3-7-17)10-11-21(22)23(28)27-13-12-18-8-4-5-9-19(18)15-27/h1-3,6-7,10-11,14,18-19H,4-5,8-9,12-13,15-16H2,(H,26,29). The number of amides is 2. The highest BCUT2D eigenvalue weighted by atomic mass is 35.5. The fourth-order valence-electron chi connectivity index (χ4n) is 4.60. The van der Waals surface area contributed by atoms with E-state index in [1.165, 1.54) is 25.7 Å². The third kappa shape index (κ3) is 4.96. The molecule has 2 atom stereocenters. The number of anilines is 1. The summed E-state index contributed by atoms with van der Waals surface area (Å²) in [5.41, 5.74) is 1.89. The first kappa shape index (κ1) is 20.7. The van der Waals surface area contributed by atoms with Gasteiger partial charge in [-0.2, -0.15) is 0 Å². The lowest BCUT2D eigenvalue weighted by Crippen LogP contribution is -2.44. The molecule has 1 aliphatic heterocycles. The van der Waals surface area contributed by atoms with E-state index in [1.54, 1.807) is 18.2 Å². The molecule has 1 N–H and O–H groups in total. The normalized spacial score (nSPS) is 20.9. The number of benzene rings is 2. The van der Waals surface area contributed by atoms with E-state index in [2.05, 4.69) is 5.32 Å². The summed E-state index contributed by atoms with van der Waals surface area (Å²) in [6.45, 7) is 1.81. The van der Waals surface area contributed by atoms with Gasteiger partial charge in [-0.25, -0.2) is 4.79 Å². The zero-order chi connectivity index (χ0) is 20.9. The van der Waals surface area contributed by atoms with Gasteiger partial charge in [0.1, 0.15) is 6.61 Å². The first-order valence-electron chi connectivity index (χ1n) is 10.7. The van der Waals surface area contributed by atoms with Crippen molar-refractivity contribution < 1.29 is 14.3 Å². The van der Waals surface area contributed by atoms with Crippen LogP contribution >= 0.6 is 11.6 Å². The quantitative estimate of drug-likeness (QED) is 0.678. The molecule has 2 aromatic rings. The lowest BCUT2D eigenvalue weighted by Gasteiger charge is -2.41. The molecule has 4 rings (SSSR count). The first-order valence-corrected chi connectivity index (χ1v) is 11.0. The molecule has 1 heterocycles. The molecule has 2 aromatic carbocycles. The van der Waals surface area contributed by atoms with Crippen LogP contribution in [0.2, 0.25) is 5.02 Å². The molecule has 2 amide bonds. The third-order valence-corrected chi connectivity index (χ3v) is 6.55. The molecular weight excluding hydrogens is 400 g/mol. The smallest absolute Gasteiger partial charge is 0.411 e. The summed E-state index contributed by atoms with van der Waals surface area (Å²) in [7, 11) is 0. The largest absolute Gasteiger partial charge is 0.444 e. The number of piperidine rings is 1. The Bertz CT molecular complexity index is 903. The third-order valence-electron chi connectivity index (χ3n) is 6.24. The second kappa shape index (κ2) is 9.52. The van der Waals surface area contributed by atoms with Crippen molar-refractivity contribution >= 4 is 29.3 Å². The van der Waals surface area contributed by atoms with E-state index in [0.29, 0.717) is 22.2 Å². The molecule has 1 saturated carbocycles. The second-order valence-electron chi connectivity index (χ2n) is 8.23. The van der Waals surface area contributed by atoms with Gasteiger partial charge in [-0.1, -0.05) is 61.2 Å². The van der Waals surface area contributed by atoms with Gasteiger partial charge in [-0.15, -0.1) is 0 Å². The Kier molecular flexibility index (Phi) is 6.58. The van der Waals surface area contributed by atoms with E-state index in [9.17, 15) is 9.59 Å². The summed E-state index contributed by atoms with van der Waals surface area (Å²) in [4.78, 5) is 27.0. The van der Waals surface area contributed by atoms with Crippen molar-refractivity contribution in [1.82, 2.24) is 4.90 Å². The number of likely N-dealkylation sites (tertiary alicyclic amines) is 1. The van der Waals surface area contributed by atoms with Crippen molar-refractivity contribution in [2.75, 3.05) is 18.4 Å². The average molecular weight is 427 g/mol. The van der Waals surface area contributed by atoms with E-state index in [4.69, 9.17) is 16.3 Å². The summed E-state index contributed by atoms with van der Waals surface area (Å²) >= 11 is 6.40. The van der Waals surface area contributed by atoms with Crippen molar-refractivity contribution in [3.05, 3.63) is 64.7 Å². The molecule has 2 unspecified atom stereocenters. The maximum absolute atomic E-state index is 13.0. The predicted octanol–water partition coefficient (Wildman–Crippen LogP) is 5.74. The Morgan fingerprint density at radius 3 is 2.57 bits per heavy atom. The van der Waals surface area contributed by atoms with Crippen molar-refractivity contribution in [1.29, 1.82) is 0 Å². The Morgan fingerprint density at radius 2 is 1.80 bits per heavy atom. The second-order valence-corrected chi connectivity index (χ2v) is 8.63. The number of hydrogen-bond acceptors (Lipinski definition) is 3. The van der Waals surface area contributed by atoms with Gasteiger partial charge in [0.25, 0.3) is 5.91 Å². The van der Waals surface area contributed by atoms with Crippen molar-refractivity contribution in [3.63, 3.8) is 0 Å². The number of carbonyl (C=O) groups is 2. The Hall–Kier alpha value is -2.53. The van der Waals surface area contributed by atoms with Crippen LogP contribution in [0.15, 0.2) is 48.5 Å². The minimum atomic E-state index is -0.562. The zero-order valence-electron chi connectivity index (χ0n) is 17.0.